The molecule has 71 heavy (non-hydrogen) atoms. The third-order valence-corrected chi connectivity index (χ3v) is 19.5. The van der Waals surface area contributed by atoms with Gasteiger partial charge in [-0.15, -0.1) is 0 Å². The van der Waals surface area contributed by atoms with Crippen LogP contribution in [0.25, 0.3) is 0 Å². The molecule has 3 aliphatic carbocycles. The topological polar surface area (TPSA) is 6.48 Å². The molecule has 3 heteroatoms. The Morgan fingerprint density at radius 2 is 0.775 bits per heavy atom. The van der Waals surface area contributed by atoms with Crippen molar-refractivity contribution >= 4 is 57.2 Å². The fourth-order valence-corrected chi connectivity index (χ4v) is 14.7. The van der Waals surface area contributed by atoms with E-state index in [0.29, 0.717) is 0 Å². The van der Waals surface area contributed by atoms with Gasteiger partial charge in [-0.25, -0.2) is 0 Å². The second kappa shape index (κ2) is 15.0. The molecule has 0 saturated heterocycles. The zero-order valence-electron chi connectivity index (χ0n) is 47.2. The SMILES string of the molecule is Cc1cc2c(cc1N1c3cc(C(C)(C)c4ccccc4)ccc3B3c4cc5c(cc4N(c4cc6c(cc4C)C(C)(C)CC6(C)C)c4cc(C(C)(C)C)cc1c43)C(C)(C)CCC5(C)C)C(C)(C)CCC2(C)C. The number of hydrogen-bond donors (Lipinski definition) is 0. The summed E-state index contributed by atoms with van der Waals surface area (Å²) >= 11 is 0. The van der Waals surface area contributed by atoms with Crippen LogP contribution in [-0.2, 0) is 43.3 Å². The first-order valence-corrected chi connectivity index (χ1v) is 27.3. The maximum Gasteiger partial charge on any atom is 0.252 e. The zero-order valence-corrected chi connectivity index (χ0v) is 47.2. The lowest BCUT2D eigenvalue weighted by Crippen LogP contribution is -2.62. The van der Waals surface area contributed by atoms with Crippen molar-refractivity contribution in [1.82, 2.24) is 0 Å². The number of anilines is 6. The summed E-state index contributed by atoms with van der Waals surface area (Å²) in [6, 6.07) is 39.9. The van der Waals surface area contributed by atoms with Gasteiger partial charge in [0.25, 0.3) is 6.71 Å². The van der Waals surface area contributed by atoms with Gasteiger partial charge >= 0.3 is 0 Å². The number of hydrogen-bond acceptors (Lipinski definition) is 2. The Hall–Kier alpha value is -5.02. The standard InChI is InChI=1S/C68H83BN2/c1-41-31-46-49(64(10,11)29-27-62(46,6)7)37-54(41)70-56-33-44(68(18,19)43-23-21-20-22-24-43)25-26-52(56)69-53-36-48-50(65(12,13)30-28-63(48,8)9)39-57(53)71(59-35-45(61(3,4)5)34-58(70)60(59)69)55-38-51-47(32-42(55)2)66(14,15)40-67(51,16)17/h20-26,31-39H,27-30,40H2,1-19H3. The Kier molecular flexibility index (Phi) is 10.2. The second-order valence-corrected chi connectivity index (χ2v) is 28.9. The van der Waals surface area contributed by atoms with E-state index in [9.17, 15) is 0 Å². The molecule has 2 nitrogen and oxygen atoms in total. The van der Waals surface area contributed by atoms with Crippen molar-refractivity contribution in [2.45, 2.75) is 207 Å². The van der Waals surface area contributed by atoms with Gasteiger partial charge in [-0.05, 0) is 198 Å². The highest BCUT2D eigenvalue weighted by atomic mass is 15.2. The largest absolute Gasteiger partial charge is 0.311 e. The van der Waals surface area contributed by atoms with Gasteiger partial charge in [0.15, 0.2) is 0 Å². The molecule has 0 bridgehead atoms. The predicted molar refractivity (Wildman–Crippen MR) is 308 cm³/mol. The highest BCUT2D eigenvalue weighted by molar-refractivity contribution is 7.00. The lowest BCUT2D eigenvalue weighted by molar-refractivity contribution is 0.332. The molecular weight excluding hydrogens is 856 g/mol. The van der Waals surface area contributed by atoms with Crippen LogP contribution in [-0.4, -0.2) is 6.71 Å². The van der Waals surface area contributed by atoms with E-state index in [1.165, 1.54) is 137 Å². The van der Waals surface area contributed by atoms with E-state index < -0.39 is 0 Å². The summed E-state index contributed by atoms with van der Waals surface area (Å²) in [7, 11) is 0. The van der Waals surface area contributed by atoms with Crippen molar-refractivity contribution in [1.29, 1.82) is 0 Å². The lowest BCUT2D eigenvalue weighted by atomic mass is 9.33. The summed E-state index contributed by atoms with van der Waals surface area (Å²) in [5, 5.41) is 0. The van der Waals surface area contributed by atoms with Crippen molar-refractivity contribution in [3.63, 3.8) is 0 Å². The molecule has 0 fully saturated rings. The van der Waals surface area contributed by atoms with Crippen molar-refractivity contribution < 1.29 is 0 Å². The zero-order chi connectivity index (χ0) is 51.1. The Bertz CT molecular complexity index is 3220. The highest BCUT2D eigenvalue weighted by Gasteiger charge is 2.49. The highest BCUT2D eigenvalue weighted by Crippen LogP contribution is 2.56. The minimum absolute atomic E-state index is 0.0324. The normalized spacial score (nSPS) is 20.4. The van der Waals surface area contributed by atoms with Crippen LogP contribution in [0.4, 0.5) is 34.1 Å². The molecule has 6 aromatic rings. The molecule has 2 aliphatic heterocycles. The summed E-state index contributed by atoms with van der Waals surface area (Å²) in [5.74, 6) is 0. The molecule has 0 radical (unpaired) electrons. The number of nitrogens with zero attached hydrogens (tertiary/aromatic N) is 2. The number of aryl methyl sites for hydroxylation is 2. The van der Waals surface area contributed by atoms with Crippen LogP contribution in [0.5, 0.6) is 0 Å². The van der Waals surface area contributed by atoms with E-state index in [2.05, 4.69) is 238 Å². The Morgan fingerprint density at radius 3 is 1.25 bits per heavy atom. The van der Waals surface area contributed by atoms with Crippen LogP contribution in [0.1, 0.15) is 211 Å². The number of rotatable bonds is 4. The average molecular weight is 939 g/mol. The average Bonchev–Trinajstić information content (AvgIpc) is 3.47. The minimum atomic E-state index is -0.221. The van der Waals surface area contributed by atoms with E-state index in [-0.39, 0.29) is 50.0 Å². The molecular formula is C68H83BN2. The van der Waals surface area contributed by atoms with Crippen LogP contribution < -0.4 is 26.2 Å². The third kappa shape index (κ3) is 7.14. The van der Waals surface area contributed by atoms with Crippen LogP contribution in [0, 0.1) is 13.8 Å². The molecule has 0 aromatic heterocycles. The predicted octanol–water partition coefficient (Wildman–Crippen LogP) is 16.7. The molecule has 11 rings (SSSR count). The summed E-state index contributed by atoms with van der Waals surface area (Å²) in [6.07, 6.45) is 5.88. The molecule has 0 N–H and O–H groups in total. The molecule has 368 valence electrons. The molecule has 0 spiro atoms. The summed E-state index contributed by atoms with van der Waals surface area (Å²) in [5.41, 5.74) is 28.1. The van der Waals surface area contributed by atoms with Crippen LogP contribution in [0.2, 0.25) is 0 Å². The van der Waals surface area contributed by atoms with Gasteiger partial charge in [0.1, 0.15) is 0 Å². The van der Waals surface area contributed by atoms with E-state index >= 15 is 0 Å². The van der Waals surface area contributed by atoms with Crippen molar-refractivity contribution in [2.24, 2.45) is 0 Å². The van der Waals surface area contributed by atoms with E-state index in [1.807, 2.05) is 0 Å². The van der Waals surface area contributed by atoms with Gasteiger partial charge in [0.2, 0.25) is 0 Å². The molecule has 0 amide bonds. The molecule has 5 aliphatic rings. The first-order valence-electron chi connectivity index (χ1n) is 27.3. The molecule has 0 atom stereocenters. The summed E-state index contributed by atoms with van der Waals surface area (Å²) < 4.78 is 0. The first kappa shape index (κ1) is 48.3. The van der Waals surface area contributed by atoms with Crippen LogP contribution in [0.15, 0.2) is 97.1 Å². The van der Waals surface area contributed by atoms with E-state index in [0.717, 1.165) is 6.42 Å². The van der Waals surface area contributed by atoms with Crippen molar-refractivity contribution in [3.05, 3.63) is 158 Å². The van der Waals surface area contributed by atoms with Crippen LogP contribution >= 0.6 is 0 Å². The second-order valence-electron chi connectivity index (χ2n) is 28.9. The third-order valence-electron chi connectivity index (χ3n) is 19.5. The Morgan fingerprint density at radius 1 is 0.380 bits per heavy atom. The summed E-state index contributed by atoms with van der Waals surface area (Å²) in [6.45, 7) is 46.7. The first-order chi connectivity index (χ1) is 32.9. The van der Waals surface area contributed by atoms with E-state index in [4.69, 9.17) is 0 Å². The van der Waals surface area contributed by atoms with Gasteiger partial charge in [-0.3, -0.25) is 0 Å². The lowest BCUT2D eigenvalue weighted by Gasteiger charge is -2.49. The molecule has 0 unspecified atom stereocenters. The maximum atomic E-state index is 2.77. The molecule has 0 saturated carbocycles. The van der Waals surface area contributed by atoms with Gasteiger partial charge in [-0.2, -0.15) is 0 Å². The summed E-state index contributed by atoms with van der Waals surface area (Å²) in [4.78, 5) is 5.53. The van der Waals surface area contributed by atoms with E-state index in [1.54, 1.807) is 0 Å². The number of fused-ring (bicyclic) bond motifs is 7. The monoisotopic (exact) mass is 939 g/mol. The van der Waals surface area contributed by atoms with Crippen LogP contribution in [0.3, 0.4) is 0 Å². The van der Waals surface area contributed by atoms with Crippen molar-refractivity contribution in [2.75, 3.05) is 9.80 Å². The number of benzene rings is 6. The maximum absolute atomic E-state index is 2.77. The smallest absolute Gasteiger partial charge is 0.252 e. The van der Waals surface area contributed by atoms with Gasteiger partial charge in [0.05, 0.1) is 0 Å². The fraction of sp³-hybridized carbons (Fsp3) is 0.471. The van der Waals surface area contributed by atoms with Gasteiger partial charge < -0.3 is 9.80 Å². The Labute approximate surface area is 430 Å². The van der Waals surface area contributed by atoms with Gasteiger partial charge in [0, 0.05) is 39.5 Å². The van der Waals surface area contributed by atoms with Gasteiger partial charge in [-0.1, -0.05) is 178 Å². The fourth-order valence-electron chi connectivity index (χ4n) is 14.7. The molecule has 2 heterocycles. The van der Waals surface area contributed by atoms with Crippen molar-refractivity contribution in [3.8, 4) is 0 Å². The molecule has 6 aromatic carbocycles. The minimum Gasteiger partial charge on any atom is -0.311 e. The Balaban J connectivity index is 1.30. The quantitative estimate of drug-likeness (QED) is 0.162.